The summed E-state index contributed by atoms with van der Waals surface area (Å²) in [6, 6.07) is 7.76. The molecule has 4 nitrogen and oxygen atoms in total. The van der Waals surface area contributed by atoms with Gasteiger partial charge in [0.2, 0.25) is 0 Å². The van der Waals surface area contributed by atoms with E-state index < -0.39 is 0 Å². The molecule has 1 saturated carbocycles. The lowest BCUT2D eigenvalue weighted by Gasteiger charge is -2.16. The molecule has 1 aliphatic carbocycles. The standard InChI is InChI=1S/C15H21NO3/c1-11-4-3-5-13(10-11)19-9-8-16-14(12-6-7-12)15(17)18-2/h3-5,10,12,14,16H,6-9H2,1-2H3. The summed E-state index contributed by atoms with van der Waals surface area (Å²) in [5, 5.41) is 3.22. The summed E-state index contributed by atoms with van der Waals surface area (Å²) in [6.45, 7) is 3.22. The summed E-state index contributed by atoms with van der Waals surface area (Å²) in [7, 11) is 1.43. The smallest absolute Gasteiger partial charge is 0.323 e. The summed E-state index contributed by atoms with van der Waals surface area (Å²) in [5.74, 6) is 1.13. The Morgan fingerprint density at radius 3 is 2.89 bits per heavy atom. The average Bonchev–Trinajstić information content (AvgIpc) is 3.22. The molecule has 0 saturated heterocycles. The van der Waals surface area contributed by atoms with Gasteiger partial charge in [0.1, 0.15) is 18.4 Å². The van der Waals surface area contributed by atoms with E-state index in [4.69, 9.17) is 9.47 Å². The SMILES string of the molecule is COC(=O)C(NCCOc1cccc(C)c1)C1CC1. The van der Waals surface area contributed by atoms with Crippen molar-refractivity contribution in [2.24, 2.45) is 5.92 Å². The number of carbonyl (C=O) groups excluding carboxylic acids is 1. The molecule has 0 amide bonds. The molecule has 1 fully saturated rings. The third kappa shape index (κ3) is 4.24. The van der Waals surface area contributed by atoms with Gasteiger partial charge in [-0.2, -0.15) is 0 Å². The van der Waals surface area contributed by atoms with Crippen LogP contribution < -0.4 is 10.1 Å². The van der Waals surface area contributed by atoms with Gasteiger partial charge in [0.05, 0.1) is 7.11 Å². The lowest BCUT2D eigenvalue weighted by atomic mass is 10.2. The highest BCUT2D eigenvalue weighted by Crippen LogP contribution is 2.33. The van der Waals surface area contributed by atoms with Crippen molar-refractivity contribution in [2.45, 2.75) is 25.8 Å². The minimum Gasteiger partial charge on any atom is -0.492 e. The van der Waals surface area contributed by atoms with Crippen LogP contribution in [0, 0.1) is 12.8 Å². The molecule has 19 heavy (non-hydrogen) atoms. The fourth-order valence-electron chi connectivity index (χ4n) is 2.09. The van der Waals surface area contributed by atoms with Crippen LogP contribution in [0.25, 0.3) is 0 Å². The van der Waals surface area contributed by atoms with Gasteiger partial charge in [0.15, 0.2) is 0 Å². The van der Waals surface area contributed by atoms with Gasteiger partial charge in [-0.1, -0.05) is 12.1 Å². The van der Waals surface area contributed by atoms with Crippen LogP contribution in [0.3, 0.4) is 0 Å². The molecule has 0 bridgehead atoms. The van der Waals surface area contributed by atoms with Crippen LogP contribution in [0.2, 0.25) is 0 Å². The quantitative estimate of drug-likeness (QED) is 0.603. The summed E-state index contributed by atoms with van der Waals surface area (Å²) in [6.07, 6.45) is 2.21. The molecular formula is C15H21NO3. The second-order valence-corrected chi connectivity index (χ2v) is 4.96. The van der Waals surface area contributed by atoms with Gasteiger partial charge in [0.25, 0.3) is 0 Å². The van der Waals surface area contributed by atoms with Crippen molar-refractivity contribution < 1.29 is 14.3 Å². The summed E-state index contributed by atoms with van der Waals surface area (Å²) in [4.78, 5) is 11.6. The van der Waals surface area contributed by atoms with E-state index in [1.165, 1.54) is 12.7 Å². The molecule has 104 valence electrons. The molecule has 1 unspecified atom stereocenters. The third-order valence-electron chi connectivity index (χ3n) is 3.27. The first-order valence-electron chi connectivity index (χ1n) is 6.71. The van der Waals surface area contributed by atoms with Gasteiger partial charge in [-0.15, -0.1) is 0 Å². The molecule has 0 radical (unpaired) electrons. The Balaban J connectivity index is 1.72. The third-order valence-corrected chi connectivity index (χ3v) is 3.27. The van der Waals surface area contributed by atoms with Crippen LogP contribution in [0.5, 0.6) is 5.75 Å². The number of nitrogens with one attached hydrogen (secondary N) is 1. The number of aryl methyl sites for hydroxylation is 1. The predicted octanol–water partition coefficient (Wildman–Crippen LogP) is 1.92. The van der Waals surface area contributed by atoms with Crippen molar-refractivity contribution in [3.8, 4) is 5.75 Å². The number of carbonyl (C=O) groups is 1. The van der Waals surface area contributed by atoms with Gasteiger partial charge in [0, 0.05) is 6.54 Å². The Morgan fingerprint density at radius 1 is 1.47 bits per heavy atom. The van der Waals surface area contributed by atoms with Gasteiger partial charge in [-0.3, -0.25) is 4.79 Å². The molecule has 0 aliphatic heterocycles. The molecule has 2 rings (SSSR count). The Bertz CT molecular complexity index is 429. The lowest BCUT2D eigenvalue weighted by Crippen LogP contribution is -2.41. The number of benzene rings is 1. The molecular weight excluding hydrogens is 242 g/mol. The van der Waals surface area contributed by atoms with E-state index in [0.29, 0.717) is 19.1 Å². The predicted molar refractivity (Wildman–Crippen MR) is 73.2 cm³/mol. The molecule has 0 heterocycles. The largest absolute Gasteiger partial charge is 0.492 e. The maximum atomic E-state index is 11.6. The minimum absolute atomic E-state index is 0.168. The highest BCUT2D eigenvalue weighted by Gasteiger charge is 2.36. The van der Waals surface area contributed by atoms with Crippen LogP contribution in [0.4, 0.5) is 0 Å². The fourth-order valence-corrected chi connectivity index (χ4v) is 2.09. The second kappa shape index (κ2) is 6.57. The Morgan fingerprint density at radius 2 is 2.26 bits per heavy atom. The Labute approximate surface area is 114 Å². The van der Waals surface area contributed by atoms with E-state index in [-0.39, 0.29) is 12.0 Å². The van der Waals surface area contributed by atoms with E-state index in [1.54, 1.807) is 0 Å². The molecule has 1 atom stereocenters. The minimum atomic E-state index is -0.175. The van der Waals surface area contributed by atoms with Crippen LogP contribution in [0.1, 0.15) is 18.4 Å². The number of esters is 1. The maximum absolute atomic E-state index is 11.6. The van der Waals surface area contributed by atoms with Crippen LogP contribution in [0.15, 0.2) is 24.3 Å². The summed E-state index contributed by atoms with van der Waals surface area (Å²) >= 11 is 0. The van der Waals surface area contributed by atoms with Gasteiger partial charge < -0.3 is 14.8 Å². The normalized spacial score (nSPS) is 15.9. The zero-order valence-corrected chi connectivity index (χ0v) is 11.5. The number of rotatable bonds is 7. The van der Waals surface area contributed by atoms with Crippen LogP contribution in [-0.2, 0) is 9.53 Å². The Kier molecular flexibility index (Phi) is 4.80. The first-order chi connectivity index (χ1) is 9.20. The van der Waals surface area contributed by atoms with Crippen LogP contribution >= 0.6 is 0 Å². The molecule has 1 N–H and O–H groups in total. The van der Waals surface area contributed by atoms with Crippen molar-refractivity contribution in [3.05, 3.63) is 29.8 Å². The number of methoxy groups -OCH3 is 1. The van der Waals surface area contributed by atoms with Gasteiger partial charge in [-0.25, -0.2) is 0 Å². The van der Waals surface area contributed by atoms with E-state index >= 15 is 0 Å². The molecule has 4 heteroatoms. The van der Waals surface area contributed by atoms with E-state index in [1.807, 2.05) is 31.2 Å². The maximum Gasteiger partial charge on any atom is 0.323 e. The van der Waals surface area contributed by atoms with Crippen molar-refractivity contribution in [3.63, 3.8) is 0 Å². The van der Waals surface area contributed by atoms with Gasteiger partial charge >= 0.3 is 5.97 Å². The topological polar surface area (TPSA) is 47.6 Å². The highest BCUT2D eigenvalue weighted by atomic mass is 16.5. The molecule has 1 aromatic rings. The molecule has 0 aromatic heterocycles. The van der Waals surface area contributed by atoms with E-state index in [2.05, 4.69) is 5.32 Å². The molecule has 1 aromatic carbocycles. The summed E-state index contributed by atoms with van der Waals surface area (Å²) < 4.78 is 10.4. The highest BCUT2D eigenvalue weighted by molar-refractivity contribution is 5.76. The van der Waals surface area contributed by atoms with E-state index in [9.17, 15) is 4.79 Å². The average molecular weight is 263 g/mol. The molecule has 0 spiro atoms. The van der Waals surface area contributed by atoms with Crippen molar-refractivity contribution in [1.82, 2.24) is 5.32 Å². The van der Waals surface area contributed by atoms with Gasteiger partial charge in [-0.05, 0) is 43.4 Å². The zero-order valence-electron chi connectivity index (χ0n) is 11.5. The number of ether oxygens (including phenoxy) is 2. The van der Waals surface area contributed by atoms with Crippen molar-refractivity contribution >= 4 is 5.97 Å². The van der Waals surface area contributed by atoms with Crippen molar-refractivity contribution in [1.29, 1.82) is 0 Å². The van der Waals surface area contributed by atoms with Crippen molar-refractivity contribution in [2.75, 3.05) is 20.3 Å². The first kappa shape index (κ1) is 13.9. The van der Waals surface area contributed by atoms with Crippen LogP contribution in [-0.4, -0.2) is 32.3 Å². The summed E-state index contributed by atoms with van der Waals surface area (Å²) in [5.41, 5.74) is 1.18. The molecule has 1 aliphatic rings. The Hall–Kier alpha value is -1.55. The zero-order chi connectivity index (χ0) is 13.7. The number of hydrogen-bond acceptors (Lipinski definition) is 4. The lowest BCUT2D eigenvalue weighted by molar-refractivity contribution is -0.143. The van der Waals surface area contributed by atoms with E-state index in [0.717, 1.165) is 18.6 Å². The first-order valence-corrected chi connectivity index (χ1v) is 6.71. The fraction of sp³-hybridized carbons (Fsp3) is 0.533. The monoisotopic (exact) mass is 263 g/mol. The second-order valence-electron chi connectivity index (χ2n) is 4.96. The number of hydrogen-bond donors (Lipinski definition) is 1.